The van der Waals surface area contributed by atoms with Gasteiger partial charge in [-0.1, -0.05) is 12.1 Å². The van der Waals surface area contributed by atoms with Crippen molar-refractivity contribution in [3.05, 3.63) is 65.5 Å². The number of anilines is 2. The average molecular weight is 353 g/mol. The van der Waals surface area contributed by atoms with Gasteiger partial charge in [0.05, 0.1) is 5.69 Å². The van der Waals surface area contributed by atoms with Crippen molar-refractivity contribution in [2.24, 2.45) is 0 Å². The summed E-state index contributed by atoms with van der Waals surface area (Å²) in [5, 5.41) is 2.13. The molecule has 1 heterocycles. The van der Waals surface area contributed by atoms with Gasteiger partial charge in [-0.15, -0.1) is 0 Å². The van der Waals surface area contributed by atoms with E-state index in [-0.39, 0.29) is 11.3 Å². The molecule has 0 atom stereocenters. The van der Waals surface area contributed by atoms with Gasteiger partial charge in [0.15, 0.2) is 0 Å². The first-order valence-electron chi connectivity index (χ1n) is 7.81. The van der Waals surface area contributed by atoms with Crippen LogP contribution in [-0.4, -0.2) is 31.9 Å². The predicted octanol–water partition coefficient (Wildman–Crippen LogP) is 2.56. The minimum absolute atomic E-state index is 0.175. The van der Waals surface area contributed by atoms with Crippen molar-refractivity contribution < 1.29 is 18.8 Å². The Balaban J connectivity index is 1.95. The van der Waals surface area contributed by atoms with E-state index in [1.807, 2.05) is 31.1 Å². The standard InChI is InChI=1S/C19H16FN3O3/c1-22(2)14-7-3-12(4-8-14)11-16-17(24)21-19(26)23(18(16)25)15-9-5-13(20)6-10-15/h3-11H,1-2H3,(H,21,24,26)/b16-11-. The third-order valence-electron chi connectivity index (χ3n) is 3.91. The molecule has 0 bridgehead atoms. The van der Waals surface area contributed by atoms with Gasteiger partial charge in [-0.05, 0) is 48.0 Å². The zero-order valence-corrected chi connectivity index (χ0v) is 14.2. The smallest absolute Gasteiger partial charge is 0.335 e. The Morgan fingerprint density at radius 1 is 0.962 bits per heavy atom. The SMILES string of the molecule is CN(C)c1ccc(/C=C2/C(=O)NC(=O)N(c3ccc(F)cc3)C2=O)cc1. The van der Waals surface area contributed by atoms with Crippen LogP contribution in [0.3, 0.4) is 0 Å². The predicted molar refractivity (Wildman–Crippen MR) is 96.2 cm³/mol. The molecule has 6 nitrogen and oxygen atoms in total. The molecule has 1 fully saturated rings. The van der Waals surface area contributed by atoms with Crippen molar-refractivity contribution in [3.63, 3.8) is 0 Å². The van der Waals surface area contributed by atoms with Crippen LogP contribution >= 0.6 is 0 Å². The van der Waals surface area contributed by atoms with Crippen LogP contribution in [0.1, 0.15) is 5.56 Å². The highest BCUT2D eigenvalue weighted by Gasteiger charge is 2.36. The number of carbonyl (C=O) groups excluding carboxylic acids is 3. The van der Waals surface area contributed by atoms with Gasteiger partial charge in [0.1, 0.15) is 11.4 Å². The second kappa shape index (κ2) is 6.79. The molecule has 2 aromatic carbocycles. The van der Waals surface area contributed by atoms with Gasteiger partial charge in [-0.2, -0.15) is 0 Å². The van der Waals surface area contributed by atoms with E-state index in [4.69, 9.17) is 0 Å². The average Bonchev–Trinajstić information content (AvgIpc) is 2.60. The van der Waals surface area contributed by atoms with Crippen molar-refractivity contribution in [3.8, 4) is 0 Å². The van der Waals surface area contributed by atoms with E-state index in [1.165, 1.54) is 18.2 Å². The molecule has 132 valence electrons. The number of rotatable bonds is 3. The lowest BCUT2D eigenvalue weighted by molar-refractivity contribution is -0.122. The quantitative estimate of drug-likeness (QED) is 0.680. The van der Waals surface area contributed by atoms with Crippen molar-refractivity contribution in [2.45, 2.75) is 0 Å². The first-order valence-corrected chi connectivity index (χ1v) is 7.81. The second-order valence-corrected chi connectivity index (χ2v) is 5.92. The van der Waals surface area contributed by atoms with Crippen LogP contribution in [0.5, 0.6) is 0 Å². The van der Waals surface area contributed by atoms with E-state index in [9.17, 15) is 18.8 Å². The van der Waals surface area contributed by atoms with E-state index >= 15 is 0 Å². The third-order valence-corrected chi connectivity index (χ3v) is 3.91. The van der Waals surface area contributed by atoms with E-state index in [2.05, 4.69) is 5.32 Å². The van der Waals surface area contributed by atoms with Crippen molar-refractivity contribution in [2.75, 3.05) is 23.9 Å². The molecule has 0 radical (unpaired) electrons. The summed E-state index contributed by atoms with van der Waals surface area (Å²) in [5.74, 6) is -2.02. The highest BCUT2D eigenvalue weighted by molar-refractivity contribution is 6.39. The lowest BCUT2D eigenvalue weighted by Gasteiger charge is -2.26. The number of urea groups is 1. The summed E-state index contributed by atoms with van der Waals surface area (Å²) in [6.45, 7) is 0. The lowest BCUT2D eigenvalue weighted by Crippen LogP contribution is -2.54. The Kier molecular flexibility index (Phi) is 4.53. The number of hydrogen-bond acceptors (Lipinski definition) is 4. The lowest BCUT2D eigenvalue weighted by atomic mass is 10.1. The van der Waals surface area contributed by atoms with Gasteiger partial charge in [0, 0.05) is 19.8 Å². The maximum Gasteiger partial charge on any atom is 0.335 e. The molecule has 0 aliphatic carbocycles. The van der Waals surface area contributed by atoms with Gasteiger partial charge >= 0.3 is 6.03 Å². The number of halogens is 1. The molecule has 0 spiro atoms. The molecule has 26 heavy (non-hydrogen) atoms. The van der Waals surface area contributed by atoms with Crippen molar-refractivity contribution >= 4 is 35.3 Å². The van der Waals surface area contributed by atoms with E-state index in [1.54, 1.807) is 12.1 Å². The minimum Gasteiger partial charge on any atom is -0.378 e. The van der Waals surface area contributed by atoms with E-state index < -0.39 is 23.7 Å². The van der Waals surface area contributed by atoms with Gasteiger partial charge in [0.25, 0.3) is 11.8 Å². The van der Waals surface area contributed by atoms with Crippen molar-refractivity contribution in [1.29, 1.82) is 0 Å². The summed E-state index contributed by atoms with van der Waals surface area (Å²) in [6.07, 6.45) is 1.42. The van der Waals surface area contributed by atoms with Crippen LogP contribution < -0.4 is 15.1 Å². The van der Waals surface area contributed by atoms with Crippen molar-refractivity contribution in [1.82, 2.24) is 5.32 Å². The number of benzene rings is 2. The number of amides is 4. The zero-order chi connectivity index (χ0) is 18.8. The highest BCUT2D eigenvalue weighted by atomic mass is 19.1. The molecule has 4 amide bonds. The molecule has 0 aromatic heterocycles. The van der Waals surface area contributed by atoms with Crippen LogP contribution in [0.25, 0.3) is 6.08 Å². The molecule has 1 saturated heterocycles. The number of imide groups is 2. The minimum atomic E-state index is -0.869. The normalized spacial score (nSPS) is 16.0. The molecule has 3 rings (SSSR count). The molecule has 0 unspecified atom stereocenters. The zero-order valence-electron chi connectivity index (χ0n) is 14.2. The number of nitrogens with one attached hydrogen (secondary N) is 1. The maximum absolute atomic E-state index is 13.1. The topological polar surface area (TPSA) is 69.7 Å². The fourth-order valence-electron chi connectivity index (χ4n) is 2.52. The Labute approximate surface area is 149 Å². The van der Waals surface area contributed by atoms with Crippen LogP contribution in [-0.2, 0) is 9.59 Å². The monoisotopic (exact) mass is 353 g/mol. The van der Waals surface area contributed by atoms with Crippen LogP contribution in [0.4, 0.5) is 20.6 Å². The number of hydrogen-bond donors (Lipinski definition) is 1. The van der Waals surface area contributed by atoms with Crippen LogP contribution in [0, 0.1) is 5.82 Å². The Morgan fingerprint density at radius 2 is 1.58 bits per heavy atom. The third kappa shape index (κ3) is 3.32. The summed E-state index contributed by atoms with van der Waals surface area (Å²) in [6, 6.07) is 11.2. The Bertz CT molecular complexity index is 903. The van der Waals surface area contributed by atoms with Crippen LogP contribution in [0.15, 0.2) is 54.1 Å². The second-order valence-electron chi connectivity index (χ2n) is 5.92. The maximum atomic E-state index is 13.1. The molecule has 1 aliphatic heterocycles. The summed E-state index contributed by atoms with van der Waals surface area (Å²) in [4.78, 5) is 39.6. The molecular formula is C19H16FN3O3. The largest absolute Gasteiger partial charge is 0.378 e. The molecule has 7 heteroatoms. The van der Waals surface area contributed by atoms with E-state index in [0.717, 1.165) is 22.7 Å². The first kappa shape index (κ1) is 17.3. The summed E-state index contributed by atoms with van der Waals surface area (Å²) < 4.78 is 13.1. The molecule has 1 aliphatic rings. The molecule has 2 aromatic rings. The van der Waals surface area contributed by atoms with Gasteiger partial charge in [0.2, 0.25) is 0 Å². The molecular weight excluding hydrogens is 337 g/mol. The number of carbonyl (C=O) groups is 3. The molecule has 1 N–H and O–H groups in total. The molecule has 0 saturated carbocycles. The van der Waals surface area contributed by atoms with Gasteiger partial charge in [-0.3, -0.25) is 14.9 Å². The van der Waals surface area contributed by atoms with Gasteiger partial charge in [-0.25, -0.2) is 14.1 Å². The fourth-order valence-corrected chi connectivity index (χ4v) is 2.52. The summed E-state index contributed by atoms with van der Waals surface area (Å²) in [7, 11) is 3.80. The number of barbiturate groups is 1. The first-order chi connectivity index (χ1) is 12.4. The van der Waals surface area contributed by atoms with Crippen LogP contribution in [0.2, 0.25) is 0 Å². The number of nitrogens with zero attached hydrogens (tertiary/aromatic N) is 2. The summed E-state index contributed by atoms with van der Waals surface area (Å²) in [5.41, 5.74) is 1.61. The Hall–Kier alpha value is -3.48. The van der Waals surface area contributed by atoms with E-state index in [0.29, 0.717) is 5.56 Å². The summed E-state index contributed by atoms with van der Waals surface area (Å²) >= 11 is 0. The highest BCUT2D eigenvalue weighted by Crippen LogP contribution is 2.22. The van der Waals surface area contributed by atoms with Gasteiger partial charge < -0.3 is 4.90 Å². The Morgan fingerprint density at radius 3 is 2.15 bits per heavy atom. The fraction of sp³-hybridized carbons (Fsp3) is 0.105.